The minimum absolute atomic E-state index is 0.217. The largest absolute Gasteiger partial charge is 0.377 e. The summed E-state index contributed by atoms with van der Waals surface area (Å²) in [6, 6.07) is 0. The lowest BCUT2D eigenvalue weighted by Crippen LogP contribution is -2.25. The lowest BCUT2D eigenvalue weighted by atomic mass is 10.4. The highest BCUT2D eigenvalue weighted by molar-refractivity contribution is 4.42. The van der Waals surface area contributed by atoms with Crippen molar-refractivity contribution in [2.75, 3.05) is 6.67 Å². The Balaban J connectivity index is 2.83. The molecule has 3 heteroatoms. The average molecular weight is 103 g/mol. The Kier molecular flexibility index (Phi) is 3.98. The van der Waals surface area contributed by atoms with Crippen LogP contribution in [0.2, 0.25) is 0 Å². The highest BCUT2D eigenvalue weighted by Crippen LogP contribution is 1.81. The third-order valence-corrected chi connectivity index (χ3v) is 0.681. The highest BCUT2D eigenvalue weighted by Gasteiger charge is 1.94. The van der Waals surface area contributed by atoms with Crippen molar-refractivity contribution in [2.45, 2.75) is 19.6 Å². The molecule has 0 aliphatic heterocycles. The van der Waals surface area contributed by atoms with Crippen LogP contribution in [0.15, 0.2) is 0 Å². The van der Waals surface area contributed by atoms with Crippen LogP contribution in [0.4, 0.5) is 0 Å². The van der Waals surface area contributed by atoms with E-state index in [1.165, 1.54) is 0 Å². The third kappa shape index (κ3) is 3.72. The van der Waals surface area contributed by atoms with E-state index in [4.69, 9.17) is 10.8 Å². The maximum Gasteiger partial charge on any atom is 0.121 e. The average Bonchev–Trinajstić information content (AvgIpc) is 1.68. The van der Waals surface area contributed by atoms with Gasteiger partial charge in [-0.05, 0) is 6.42 Å². The quantitative estimate of drug-likeness (QED) is 0.493. The zero-order valence-corrected chi connectivity index (χ0v) is 4.46. The molecular formula is C4H11N2O. The molecule has 0 heterocycles. The molecule has 1 unspecified atom stereocenters. The fraction of sp³-hybridized carbons (Fsp3) is 1.00. The summed E-state index contributed by atoms with van der Waals surface area (Å²) >= 11 is 0. The second-order valence-corrected chi connectivity index (χ2v) is 1.25. The van der Waals surface area contributed by atoms with Gasteiger partial charge < -0.3 is 10.8 Å². The number of aliphatic hydroxyl groups excluding tert-OH is 1. The molecule has 1 atom stereocenters. The summed E-state index contributed by atoms with van der Waals surface area (Å²) in [6.07, 6.45) is 0.0991. The van der Waals surface area contributed by atoms with Crippen LogP contribution in [-0.2, 0) is 0 Å². The van der Waals surface area contributed by atoms with E-state index in [1.54, 1.807) is 0 Å². The summed E-state index contributed by atoms with van der Waals surface area (Å²) in [5.41, 5.74) is 4.98. The number of aliphatic hydroxyl groups is 1. The first kappa shape index (κ1) is 6.88. The lowest BCUT2D eigenvalue weighted by molar-refractivity contribution is 0.130. The van der Waals surface area contributed by atoms with Gasteiger partial charge in [0.1, 0.15) is 6.23 Å². The van der Waals surface area contributed by atoms with E-state index in [0.717, 1.165) is 0 Å². The smallest absolute Gasteiger partial charge is 0.121 e. The number of hydrogen-bond acceptors (Lipinski definition) is 2. The molecule has 0 spiro atoms. The molecule has 0 aliphatic carbocycles. The predicted octanol–water partition coefficient (Wildman–Crippen LogP) is -0.765. The van der Waals surface area contributed by atoms with Gasteiger partial charge in [-0.1, -0.05) is 6.92 Å². The predicted molar refractivity (Wildman–Crippen MR) is 27.5 cm³/mol. The second kappa shape index (κ2) is 4.05. The first-order valence-electron chi connectivity index (χ1n) is 2.36. The van der Waals surface area contributed by atoms with Crippen molar-refractivity contribution in [3.8, 4) is 0 Å². The molecule has 0 aliphatic rings. The summed E-state index contributed by atoms with van der Waals surface area (Å²) < 4.78 is 0. The van der Waals surface area contributed by atoms with E-state index in [9.17, 15) is 0 Å². The minimum Gasteiger partial charge on any atom is -0.377 e. The molecule has 0 aromatic rings. The Morgan fingerprint density at radius 1 is 1.86 bits per heavy atom. The Morgan fingerprint density at radius 3 is 2.57 bits per heavy atom. The van der Waals surface area contributed by atoms with Crippen molar-refractivity contribution in [2.24, 2.45) is 5.73 Å². The fourth-order valence-corrected chi connectivity index (χ4v) is 0.251. The minimum atomic E-state index is -0.551. The summed E-state index contributed by atoms with van der Waals surface area (Å²) in [5.74, 6) is 0. The first-order chi connectivity index (χ1) is 3.31. The molecule has 0 bridgehead atoms. The van der Waals surface area contributed by atoms with Gasteiger partial charge in [-0.3, -0.25) is 0 Å². The first-order valence-corrected chi connectivity index (χ1v) is 2.36. The van der Waals surface area contributed by atoms with Gasteiger partial charge >= 0.3 is 0 Å². The molecule has 7 heavy (non-hydrogen) atoms. The molecule has 0 saturated carbocycles. The molecule has 0 saturated heterocycles. The summed E-state index contributed by atoms with van der Waals surface area (Å²) in [4.78, 5) is 0. The summed E-state index contributed by atoms with van der Waals surface area (Å²) in [7, 11) is 0. The molecule has 0 fully saturated rings. The van der Waals surface area contributed by atoms with E-state index < -0.39 is 6.23 Å². The normalized spacial score (nSPS) is 14.1. The van der Waals surface area contributed by atoms with Gasteiger partial charge in [-0.2, -0.15) is 5.32 Å². The highest BCUT2D eigenvalue weighted by atomic mass is 16.3. The van der Waals surface area contributed by atoms with Crippen molar-refractivity contribution in [1.29, 1.82) is 0 Å². The molecule has 0 amide bonds. The molecule has 0 rings (SSSR count). The van der Waals surface area contributed by atoms with Crippen molar-refractivity contribution in [3.05, 3.63) is 0 Å². The second-order valence-electron chi connectivity index (χ2n) is 1.25. The monoisotopic (exact) mass is 103 g/mol. The van der Waals surface area contributed by atoms with E-state index in [1.807, 2.05) is 6.92 Å². The Labute approximate surface area is 43.5 Å². The molecule has 3 nitrogen and oxygen atoms in total. The number of nitrogens with two attached hydrogens (primary N) is 1. The summed E-state index contributed by atoms with van der Waals surface area (Å²) in [5, 5.41) is 12.2. The van der Waals surface area contributed by atoms with Gasteiger partial charge in [0.25, 0.3) is 0 Å². The van der Waals surface area contributed by atoms with Crippen LogP contribution >= 0.6 is 0 Å². The Morgan fingerprint density at radius 2 is 2.43 bits per heavy atom. The molecule has 0 aromatic heterocycles. The van der Waals surface area contributed by atoms with E-state index in [2.05, 4.69) is 5.32 Å². The number of rotatable bonds is 3. The van der Waals surface area contributed by atoms with E-state index in [0.29, 0.717) is 6.42 Å². The van der Waals surface area contributed by atoms with E-state index >= 15 is 0 Å². The molecular weight excluding hydrogens is 92.1 g/mol. The van der Waals surface area contributed by atoms with Crippen LogP contribution < -0.4 is 11.1 Å². The maximum atomic E-state index is 8.61. The van der Waals surface area contributed by atoms with Crippen LogP contribution in [0.5, 0.6) is 0 Å². The standard InChI is InChI=1S/C4H11N2O/c1-2-4(7)6-3-5/h4,7H,2-3,5H2,1H3. The van der Waals surface area contributed by atoms with Crippen molar-refractivity contribution in [1.82, 2.24) is 5.32 Å². The van der Waals surface area contributed by atoms with Crippen molar-refractivity contribution < 1.29 is 5.11 Å². The maximum absolute atomic E-state index is 8.61. The Hall–Kier alpha value is -0.120. The van der Waals surface area contributed by atoms with E-state index in [-0.39, 0.29) is 6.67 Å². The number of nitrogens with zero attached hydrogens (tertiary/aromatic N) is 1. The van der Waals surface area contributed by atoms with Crippen LogP contribution in [0.25, 0.3) is 0 Å². The van der Waals surface area contributed by atoms with Crippen LogP contribution in [0.3, 0.4) is 0 Å². The Bertz CT molecular complexity index is 40.7. The lowest BCUT2D eigenvalue weighted by Gasteiger charge is -2.02. The SMILES string of the molecule is CCC(O)[N]CN. The zero-order chi connectivity index (χ0) is 5.70. The zero-order valence-electron chi connectivity index (χ0n) is 4.46. The molecule has 0 aromatic carbocycles. The molecule has 3 N–H and O–H groups in total. The number of hydrogen-bond donors (Lipinski definition) is 2. The topological polar surface area (TPSA) is 60.3 Å². The van der Waals surface area contributed by atoms with Crippen LogP contribution in [0, 0.1) is 0 Å². The van der Waals surface area contributed by atoms with Crippen LogP contribution in [0.1, 0.15) is 13.3 Å². The van der Waals surface area contributed by atoms with Gasteiger partial charge in [0.05, 0.1) is 6.67 Å². The van der Waals surface area contributed by atoms with Crippen molar-refractivity contribution in [3.63, 3.8) is 0 Å². The van der Waals surface area contributed by atoms with Crippen molar-refractivity contribution >= 4 is 0 Å². The van der Waals surface area contributed by atoms with Gasteiger partial charge in [0.2, 0.25) is 0 Å². The van der Waals surface area contributed by atoms with Gasteiger partial charge in [-0.25, -0.2) is 0 Å². The fourth-order valence-electron chi connectivity index (χ4n) is 0.251. The third-order valence-electron chi connectivity index (χ3n) is 0.681. The molecule has 1 radical (unpaired) electrons. The van der Waals surface area contributed by atoms with Gasteiger partial charge in [0.15, 0.2) is 0 Å². The summed E-state index contributed by atoms with van der Waals surface area (Å²) in [6.45, 7) is 2.07. The van der Waals surface area contributed by atoms with Crippen LogP contribution in [-0.4, -0.2) is 18.0 Å². The van der Waals surface area contributed by atoms with Gasteiger partial charge in [-0.15, -0.1) is 0 Å². The molecule has 43 valence electrons. The van der Waals surface area contributed by atoms with Gasteiger partial charge in [0, 0.05) is 0 Å².